The van der Waals surface area contributed by atoms with Crippen molar-refractivity contribution >= 4 is 34.4 Å². The summed E-state index contributed by atoms with van der Waals surface area (Å²) in [7, 11) is 0. The van der Waals surface area contributed by atoms with Gasteiger partial charge in [0.2, 0.25) is 5.91 Å². The van der Waals surface area contributed by atoms with Crippen LogP contribution in [0.25, 0.3) is 0 Å². The first-order valence-electron chi connectivity index (χ1n) is 9.11. The van der Waals surface area contributed by atoms with E-state index in [0.29, 0.717) is 17.9 Å². The molecule has 5 nitrogen and oxygen atoms in total. The summed E-state index contributed by atoms with van der Waals surface area (Å²) in [6.07, 6.45) is 0.787. The summed E-state index contributed by atoms with van der Waals surface area (Å²) >= 11 is 2.18. The van der Waals surface area contributed by atoms with Crippen molar-refractivity contribution < 1.29 is 18.7 Å². The third-order valence-electron chi connectivity index (χ3n) is 4.19. The van der Waals surface area contributed by atoms with Gasteiger partial charge in [-0.15, -0.1) is 0 Å². The smallest absolute Gasteiger partial charge is 0.261 e. The van der Waals surface area contributed by atoms with E-state index < -0.39 is 11.9 Å². The van der Waals surface area contributed by atoms with Crippen LogP contribution in [0.15, 0.2) is 48.5 Å². The molecular formula is C21H24FIN2O3. The van der Waals surface area contributed by atoms with Crippen LogP contribution in [0.5, 0.6) is 5.75 Å². The molecule has 0 bridgehead atoms. The maximum atomic E-state index is 14.1. The van der Waals surface area contributed by atoms with Crippen LogP contribution < -0.4 is 10.1 Å². The van der Waals surface area contributed by atoms with E-state index in [1.807, 2.05) is 19.1 Å². The van der Waals surface area contributed by atoms with Crippen molar-refractivity contribution in [2.45, 2.75) is 32.9 Å². The molecular weight excluding hydrogens is 474 g/mol. The number of amides is 2. The molecule has 2 amide bonds. The zero-order valence-electron chi connectivity index (χ0n) is 16.0. The van der Waals surface area contributed by atoms with Gasteiger partial charge in [-0.3, -0.25) is 9.59 Å². The van der Waals surface area contributed by atoms with Gasteiger partial charge in [0.05, 0.1) is 0 Å². The fourth-order valence-corrected chi connectivity index (χ4v) is 2.91. The summed E-state index contributed by atoms with van der Waals surface area (Å²) in [6, 6.07) is 12.8. The van der Waals surface area contributed by atoms with E-state index in [1.54, 1.807) is 37.3 Å². The largest absolute Gasteiger partial charge is 0.484 e. The SMILES string of the molecule is CCCNC(=O)[C@H](C)N(Cc1ccccc1F)C(=O)COc1ccc(I)cc1. The van der Waals surface area contributed by atoms with Crippen molar-refractivity contribution in [1.82, 2.24) is 10.2 Å². The fourth-order valence-electron chi connectivity index (χ4n) is 2.55. The molecule has 0 aromatic heterocycles. The fraction of sp³-hybridized carbons (Fsp3) is 0.333. The Balaban J connectivity index is 2.13. The molecule has 0 aliphatic carbocycles. The second-order valence-electron chi connectivity index (χ2n) is 6.32. The molecule has 150 valence electrons. The molecule has 28 heavy (non-hydrogen) atoms. The highest BCUT2D eigenvalue weighted by Crippen LogP contribution is 2.16. The van der Waals surface area contributed by atoms with Gasteiger partial charge in [-0.2, -0.15) is 0 Å². The van der Waals surface area contributed by atoms with Crippen molar-refractivity contribution in [1.29, 1.82) is 0 Å². The normalized spacial score (nSPS) is 11.6. The standard InChI is InChI=1S/C21H24FIN2O3/c1-3-12-24-21(27)15(2)25(13-16-6-4-5-7-19(16)22)20(26)14-28-18-10-8-17(23)9-11-18/h4-11,15H,3,12-14H2,1-2H3,(H,24,27)/t15-/m0/s1. The lowest BCUT2D eigenvalue weighted by Gasteiger charge is -2.28. The number of nitrogens with zero attached hydrogens (tertiary/aromatic N) is 1. The maximum absolute atomic E-state index is 14.1. The van der Waals surface area contributed by atoms with Crippen LogP contribution >= 0.6 is 22.6 Å². The molecule has 0 aliphatic heterocycles. The maximum Gasteiger partial charge on any atom is 0.261 e. The third kappa shape index (κ3) is 6.47. The molecule has 0 heterocycles. The van der Waals surface area contributed by atoms with Crippen LogP contribution in [-0.2, 0) is 16.1 Å². The number of benzene rings is 2. The van der Waals surface area contributed by atoms with Crippen molar-refractivity contribution in [3.63, 3.8) is 0 Å². The van der Waals surface area contributed by atoms with Gasteiger partial charge < -0.3 is 15.0 Å². The summed E-state index contributed by atoms with van der Waals surface area (Å²) in [6.45, 7) is 3.85. The number of carbonyl (C=O) groups is 2. The van der Waals surface area contributed by atoms with Gasteiger partial charge in [-0.1, -0.05) is 25.1 Å². The lowest BCUT2D eigenvalue weighted by atomic mass is 10.1. The summed E-state index contributed by atoms with van der Waals surface area (Å²) in [4.78, 5) is 26.6. The second kappa shape index (κ2) is 11.0. The summed E-state index contributed by atoms with van der Waals surface area (Å²) in [5.74, 6) is -0.524. The van der Waals surface area contributed by atoms with Crippen molar-refractivity contribution in [3.05, 3.63) is 63.5 Å². The summed E-state index contributed by atoms with van der Waals surface area (Å²) in [5, 5.41) is 2.78. The van der Waals surface area contributed by atoms with Crippen molar-refractivity contribution in [3.8, 4) is 5.75 Å². The van der Waals surface area contributed by atoms with Gasteiger partial charge in [-0.25, -0.2) is 4.39 Å². The average molecular weight is 498 g/mol. The number of hydrogen-bond acceptors (Lipinski definition) is 3. The van der Waals surface area contributed by atoms with E-state index in [0.717, 1.165) is 9.99 Å². The zero-order valence-corrected chi connectivity index (χ0v) is 18.1. The number of ether oxygens (including phenoxy) is 1. The average Bonchev–Trinajstić information content (AvgIpc) is 2.70. The molecule has 2 aromatic carbocycles. The van der Waals surface area contributed by atoms with E-state index in [-0.39, 0.29) is 25.0 Å². The molecule has 0 aliphatic rings. The van der Waals surface area contributed by atoms with Gasteiger partial charge in [0.25, 0.3) is 5.91 Å². The minimum Gasteiger partial charge on any atom is -0.484 e. The van der Waals surface area contributed by atoms with Gasteiger partial charge in [0, 0.05) is 22.2 Å². The van der Waals surface area contributed by atoms with E-state index in [1.165, 1.54) is 11.0 Å². The lowest BCUT2D eigenvalue weighted by Crippen LogP contribution is -2.49. The first-order valence-corrected chi connectivity index (χ1v) is 10.2. The topological polar surface area (TPSA) is 58.6 Å². The summed E-state index contributed by atoms with van der Waals surface area (Å²) < 4.78 is 20.7. The van der Waals surface area contributed by atoms with Crippen LogP contribution in [-0.4, -0.2) is 35.9 Å². The van der Waals surface area contributed by atoms with Gasteiger partial charge in [0.1, 0.15) is 17.6 Å². The molecule has 1 N–H and O–H groups in total. The predicted molar refractivity (Wildman–Crippen MR) is 114 cm³/mol. The summed E-state index contributed by atoms with van der Waals surface area (Å²) in [5.41, 5.74) is 0.347. The number of carbonyl (C=O) groups excluding carboxylic acids is 2. The first kappa shape index (κ1) is 22.1. The van der Waals surface area contributed by atoms with Crippen LogP contribution in [0, 0.1) is 9.39 Å². The molecule has 0 unspecified atom stereocenters. The molecule has 7 heteroatoms. The highest BCUT2D eigenvalue weighted by molar-refractivity contribution is 14.1. The zero-order chi connectivity index (χ0) is 20.5. The van der Waals surface area contributed by atoms with Gasteiger partial charge in [0.15, 0.2) is 6.61 Å². The number of halogens is 2. The monoisotopic (exact) mass is 498 g/mol. The second-order valence-corrected chi connectivity index (χ2v) is 7.57. The Bertz CT molecular complexity index is 798. The van der Waals surface area contributed by atoms with E-state index in [2.05, 4.69) is 27.9 Å². The Morgan fingerprint density at radius 1 is 1.18 bits per heavy atom. The number of nitrogens with one attached hydrogen (secondary N) is 1. The van der Waals surface area contributed by atoms with Crippen LogP contribution in [0.2, 0.25) is 0 Å². The van der Waals surface area contributed by atoms with Gasteiger partial charge >= 0.3 is 0 Å². The third-order valence-corrected chi connectivity index (χ3v) is 4.91. The van der Waals surface area contributed by atoms with Crippen molar-refractivity contribution in [2.75, 3.05) is 13.2 Å². The predicted octanol–water partition coefficient (Wildman–Crippen LogP) is 3.75. The molecule has 0 saturated carbocycles. The molecule has 1 atom stereocenters. The number of hydrogen-bond donors (Lipinski definition) is 1. The van der Waals surface area contributed by atoms with Gasteiger partial charge in [-0.05, 0) is 66.3 Å². The Labute approximate surface area is 178 Å². The lowest BCUT2D eigenvalue weighted by molar-refractivity contribution is -0.142. The molecule has 0 fully saturated rings. The Morgan fingerprint density at radius 2 is 1.86 bits per heavy atom. The van der Waals surface area contributed by atoms with Crippen LogP contribution in [0.1, 0.15) is 25.8 Å². The first-order chi connectivity index (χ1) is 13.4. The van der Waals surface area contributed by atoms with Crippen molar-refractivity contribution in [2.24, 2.45) is 0 Å². The minimum absolute atomic E-state index is 0.0116. The quantitative estimate of drug-likeness (QED) is 0.536. The Morgan fingerprint density at radius 3 is 2.50 bits per heavy atom. The minimum atomic E-state index is -0.751. The molecule has 0 spiro atoms. The van der Waals surface area contributed by atoms with E-state index in [4.69, 9.17) is 4.74 Å². The molecule has 2 rings (SSSR count). The number of rotatable bonds is 9. The van der Waals surface area contributed by atoms with Crippen LogP contribution in [0.4, 0.5) is 4.39 Å². The van der Waals surface area contributed by atoms with E-state index >= 15 is 0 Å². The molecule has 2 aromatic rings. The highest BCUT2D eigenvalue weighted by Gasteiger charge is 2.27. The Hall–Kier alpha value is -2.16. The molecule has 0 saturated heterocycles. The van der Waals surface area contributed by atoms with E-state index in [9.17, 15) is 14.0 Å². The Kier molecular flexibility index (Phi) is 8.69. The molecule has 0 radical (unpaired) electrons. The highest BCUT2D eigenvalue weighted by atomic mass is 127. The van der Waals surface area contributed by atoms with Crippen LogP contribution in [0.3, 0.4) is 0 Å².